The summed E-state index contributed by atoms with van der Waals surface area (Å²) in [5.41, 5.74) is 0.686. The van der Waals surface area contributed by atoms with Crippen LogP contribution in [-0.2, 0) is 9.59 Å². The molecule has 0 spiro atoms. The number of ether oxygens (including phenoxy) is 2. The Hall–Kier alpha value is -1.95. The fraction of sp³-hybridized carbons (Fsp3) is 0.636. The van der Waals surface area contributed by atoms with Crippen LogP contribution in [0.4, 0.5) is 0 Å². The van der Waals surface area contributed by atoms with E-state index in [2.05, 4.69) is 5.32 Å². The number of alkyl halides is 1. The van der Waals surface area contributed by atoms with Crippen molar-refractivity contribution in [3.05, 3.63) is 23.8 Å². The molecule has 0 aromatic heterocycles. The van der Waals surface area contributed by atoms with Gasteiger partial charge in [-0.3, -0.25) is 9.59 Å². The van der Waals surface area contributed by atoms with E-state index in [1.54, 1.807) is 24.1 Å². The van der Waals surface area contributed by atoms with Gasteiger partial charge in [-0.1, -0.05) is 32.3 Å². The van der Waals surface area contributed by atoms with Crippen LogP contribution in [0.2, 0.25) is 0 Å². The number of halogens is 1. The average molecular weight is 425 g/mol. The molecule has 1 N–H and O–H groups in total. The Kier molecular flexibility index (Phi) is 9.58. The molecule has 0 saturated heterocycles. The van der Waals surface area contributed by atoms with Gasteiger partial charge in [0.25, 0.3) is 0 Å². The SMILES string of the molecule is CCCN(C(=O)CCl)[C@H](C(=O)NC1CCCCC1)c1ccc(OCC)c(OC)c1. The molecule has 1 fully saturated rings. The van der Waals surface area contributed by atoms with Gasteiger partial charge in [0.2, 0.25) is 11.8 Å². The second kappa shape index (κ2) is 11.9. The van der Waals surface area contributed by atoms with E-state index in [9.17, 15) is 9.59 Å². The summed E-state index contributed by atoms with van der Waals surface area (Å²) in [6.07, 6.45) is 6.12. The van der Waals surface area contributed by atoms with Crippen LogP contribution in [0.3, 0.4) is 0 Å². The molecule has 162 valence electrons. The maximum atomic E-state index is 13.3. The van der Waals surface area contributed by atoms with Crippen LogP contribution in [0.25, 0.3) is 0 Å². The molecule has 0 unspecified atom stereocenters. The number of nitrogens with zero attached hydrogens (tertiary/aromatic N) is 1. The van der Waals surface area contributed by atoms with Gasteiger partial charge < -0.3 is 19.7 Å². The Bertz CT molecular complexity index is 677. The van der Waals surface area contributed by atoms with Crippen molar-refractivity contribution in [1.29, 1.82) is 0 Å². The molecular weight excluding hydrogens is 392 g/mol. The molecule has 1 aliphatic carbocycles. The van der Waals surface area contributed by atoms with Gasteiger partial charge in [-0.25, -0.2) is 0 Å². The number of benzene rings is 1. The first-order valence-electron chi connectivity index (χ1n) is 10.5. The molecule has 0 heterocycles. The number of carbonyl (C=O) groups is 2. The summed E-state index contributed by atoms with van der Waals surface area (Å²) in [4.78, 5) is 27.5. The van der Waals surface area contributed by atoms with Crippen LogP contribution in [0, 0.1) is 0 Å². The lowest BCUT2D eigenvalue weighted by molar-refractivity contribution is -0.139. The molecule has 6 nitrogen and oxygen atoms in total. The number of nitrogens with one attached hydrogen (secondary N) is 1. The maximum Gasteiger partial charge on any atom is 0.247 e. The van der Waals surface area contributed by atoms with Gasteiger partial charge in [-0.05, 0) is 43.9 Å². The van der Waals surface area contributed by atoms with Crippen molar-refractivity contribution in [2.75, 3.05) is 26.1 Å². The molecule has 1 aromatic rings. The van der Waals surface area contributed by atoms with E-state index >= 15 is 0 Å². The van der Waals surface area contributed by atoms with Crippen LogP contribution in [-0.4, -0.2) is 48.9 Å². The molecule has 1 aromatic carbocycles. The van der Waals surface area contributed by atoms with Gasteiger partial charge in [0.1, 0.15) is 11.9 Å². The van der Waals surface area contributed by atoms with Crippen molar-refractivity contribution in [2.24, 2.45) is 0 Å². The second-order valence-electron chi connectivity index (χ2n) is 7.31. The summed E-state index contributed by atoms with van der Waals surface area (Å²) in [6.45, 7) is 4.83. The smallest absolute Gasteiger partial charge is 0.247 e. The largest absolute Gasteiger partial charge is 0.493 e. The zero-order chi connectivity index (χ0) is 21.2. The number of rotatable bonds is 10. The normalized spacial score (nSPS) is 15.4. The number of hydrogen-bond acceptors (Lipinski definition) is 4. The minimum Gasteiger partial charge on any atom is -0.493 e. The predicted molar refractivity (Wildman–Crippen MR) is 115 cm³/mol. The fourth-order valence-electron chi connectivity index (χ4n) is 3.84. The Morgan fingerprint density at radius 1 is 1.21 bits per heavy atom. The molecule has 1 saturated carbocycles. The average Bonchev–Trinajstić information content (AvgIpc) is 2.74. The first-order chi connectivity index (χ1) is 14.0. The van der Waals surface area contributed by atoms with E-state index in [1.807, 2.05) is 19.9 Å². The minimum absolute atomic E-state index is 0.151. The number of methoxy groups -OCH3 is 1. The number of carbonyl (C=O) groups excluding carboxylic acids is 2. The third-order valence-electron chi connectivity index (χ3n) is 5.21. The summed E-state index contributed by atoms with van der Waals surface area (Å²) >= 11 is 5.87. The third kappa shape index (κ3) is 6.26. The first-order valence-corrected chi connectivity index (χ1v) is 11.1. The van der Waals surface area contributed by atoms with E-state index in [0.29, 0.717) is 30.2 Å². The van der Waals surface area contributed by atoms with Crippen LogP contribution in [0.1, 0.15) is 64.0 Å². The van der Waals surface area contributed by atoms with Gasteiger partial charge in [-0.15, -0.1) is 11.6 Å². The summed E-state index contributed by atoms with van der Waals surface area (Å²) in [6, 6.07) is 4.78. The summed E-state index contributed by atoms with van der Waals surface area (Å²) in [7, 11) is 1.56. The topological polar surface area (TPSA) is 67.9 Å². The van der Waals surface area contributed by atoms with Gasteiger partial charge in [0.05, 0.1) is 13.7 Å². The molecule has 1 atom stereocenters. The zero-order valence-electron chi connectivity index (χ0n) is 17.7. The third-order valence-corrected chi connectivity index (χ3v) is 5.44. The summed E-state index contributed by atoms with van der Waals surface area (Å²) in [5.74, 6) is 0.548. The molecule has 1 aliphatic rings. The molecule has 2 rings (SSSR count). The van der Waals surface area contributed by atoms with Crippen molar-refractivity contribution in [3.63, 3.8) is 0 Å². The van der Waals surface area contributed by atoms with Crippen molar-refractivity contribution >= 4 is 23.4 Å². The molecule has 7 heteroatoms. The van der Waals surface area contributed by atoms with E-state index < -0.39 is 6.04 Å². The van der Waals surface area contributed by atoms with Crippen molar-refractivity contribution < 1.29 is 19.1 Å². The van der Waals surface area contributed by atoms with Crippen LogP contribution in [0.5, 0.6) is 11.5 Å². The molecule has 0 radical (unpaired) electrons. The Morgan fingerprint density at radius 2 is 1.93 bits per heavy atom. The van der Waals surface area contributed by atoms with Crippen molar-refractivity contribution in [2.45, 2.75) is 64.5 Å². The van der Waals surface area contributed by atoms with Crippen LogP contribution in [0.15, 0.2) is 18.2 Å². The van der Waals surface area contributed by atoms with E-state index in [-0.39, 0.29) is 23.7 Å². The fourth-order valence-corrected chi connectivity index (χ4v) is 4.00. The quantitative estimate of drug-likeness (QED) is 0.575. The van der Waals surface area contributed by atoms with Crippen molar-refractivity contribution in [3.8, 4) is 11.5 Å². The highest BCUT2D eigenvalue weighted by Gasteiger charge is 2.32. The van der Waals surface area contributed by atoms with Crippen LogP contribution < -0.4 is 14.8 Å². The summed E-state index contributed by atoms with van der Waals surface area (Å²) in [5, 5.41) is 3.16. The lowest BCUT2D eigenvalue weighted by atomic mass is 9.94. The number of amides is 2. The highest BCUT2D eigenvalue weighted by molar-refractivity contribution is 6.27. The number of hydrogen-bond donors (Lipinski definition) is 1. The Balaban J connectivity index is 2.39. The monoisotopic (exact) mass is 424 g/mol. The van der Waals surface area contributed by atoms with Gasteiger partial charge in [0, 0.05) is 12.6 Å². The highest BCUT2D eigenvalue weighted by atomic mass is 35.5. The van der Waals surface area contributed by atoms with Crippen LogP contribution >= 0.6 is 11.6 Å². The lowest BCUT2D eigenvalue weighted by Gasteiger charge is -2.33. The van der Waals surface area contributed by atoms with E-state index in [4.69, 9.17) is 21.1 Å². The van der Waals surface area contributed by atoms with Gasteiger partial charge in [0.15, 0.2) is 11.5 Å². The zero-order valence-corrected chi connectivity index (χ0v) is 18.5. The van der Waals surface area contributed by atoms with Crippen molar-refractivity contribution in [1.82, 2.24) is 10.2 Å². The highest BCUT2D eigenvalue weighted by Crippen LogP contribution is 2.33. The first kappa shape index (κ1) is 23.3. The van der Waals surface area contributed by atoms with E-state index in [1.165, 1.54) is 6.42 Å². The molecule has 29 heavy (non-hydrogen) atoms. The standard InChI is InChI=1S/C22H33ClN2O4/c1-4-13-25(20(26)15-23)21(22(27)24-17-9-7-6-8-10-17)16-11-12-18(29-5-2)19(14-16)28-3/h11-12,14,17,21H,4-10,13,15H2,1-3H3,(H,24,27)/t21-/m0/s1. The predicted octanol–water partition coefficient (Wildman–Crippen LogP) is 4.06. The Labute approximate surface area is 178 Å². The molecule has 2 amide bonds. The molecule has 0 bridgehead atoms. The van der Waals surface area contributed by atoms with Gasteiger partial charge >= 0.3 is 0 Å². The molecule has 0 aliphatic heterocycles. The summed E-state index contributed by atoms with van der Waals surface area (Å²) < 4.78 is 11.1. The Morgan fingerprint density at radius 3 is 2.52 bits per heavy atom. The second-order valence-corrected chi connectivity index (χ2v) is 7.58. The van der Waals surface area contributed by atoms with E-state index in [0.717, 1.165) is 32.1 Å². The lowest BCUT2D eigenvalue weighted by Crippen LogP contribution is -2.47. The van der Waals surface area contributed by atoms with Gasteiger partial charge in [-0.2, -0.15) is 0 Å². The minimum atomic E-state index is -0.757. The maximum absolute atomic E-state index is 13.3. The molecular formula is C22H33ClN2O4.